The third-order valence-electron chi connectivity index (χ3n) is 4.80. The monoisotopic (exact) mass is 446 g/mol. The summed E-state index contributed by atoms with van der Waals surface area (Å²) in [5.74, 6) is 0.689. The molecule has 1 fully saturated rings. The average Bonchev–Trinajstić information content (AvgIpc) is 3.34. The van der Waals surface area contributed by atoms with E-state index in [4.69, 9.17) is 20.9 Å². The molecule has 1 atom stereocenters. The second-order valence-corrected chi connectivity index (χ2v) is 9.69. The molecule has 1 amide bonds. The van der Waals surface area contributed by atoms with E-state index in [0.717, 1.165) is 11.1 Å². The van der Waals surface area contributed by atoms with Gasteiger partial charge in [0.25, 0.3) is 5.91 Å². The molecule has 3 aromatic rings. The Morgan fingerprint density at radius 1 is 1.20 bits per heavy atom. The third-order valence-corrected chi connectivity index (χ3v) is 6.94. The Bertz CT molecular complexity index is 1160. The normalized spacial score (nSPS) is 17.6. The van der Waals surface area contributed by atoms with Crippen LogP contribution in [0.3, 0.4) is 0 Å². The predicted molar refractivity (Wildman–Crippen MR) is 112 cm³/mol. The molecule has 1 unspecified atom stereocenters. The van der Waals surface area contributed by atoms with Crippen molar-refractivity contribution in [2.24, 2.45) is 0 Å². The van der Waals surface area contributed by atoms with Crippen LogP contribution in [0.15, 0.2) is 59.1 Å². The molecule has 1 N–H and O–H groups in total. The lowest BCUT2D eigenvalue weighted by Crippen LogP contribution is -2.35. The summed E-state index contributed by atoms with van der Waals surface area (Å²) < 4.78 is 34.1. The second kappa shape index (κ2) is 8.49. The van der Waals surface area contributed by atoms with Gasteiger partial charge in [-0.3, -0.25) is 4.79 Å². The van der Waals surface area contributed by atoms with E-state index in [1.807, 2.05) is 24.3 Å². The molecule has 156 valence electrons. The standard InChI is InChI=1S/C21H19ClN2O5S/c22-18-4-2-1-3-15(18)12-28-17-7-5-14(6-8-17)20-11-19(24-29-20)21(25)23-16-9-10-30(26,27)13-16/h1-8,11,16H,9-10,12-13H2,(H,23,25). The number of carbonyl (C=O) groups is 1. The Morgan fingerprint density at radius 3 is 2.67 bits per heavy atom. The number of hydrogen-bond donors (Lipinski definition) is 1. The highest BCUT2D eigenvalue weighted by Gasteiger charge is 2.29. The van der Waals surface area contributed by atoms with Gasteiger partial charge in [0.15, 0.2) is 21.3 Å². The quantitative estimate of drug-likeness (QED) is 0.622. The van der Waals surface area contributed by atoms with Crippen LogP contribution in [-0.4, -0.2) is 37.0 Å². The van der Waals surface area contributed by atoms with Crippen LogP contribution in [0.4, 0.5) is 0 Å². The van der Waals surface area contributed by atoms with Crippen LogP contribution >= 0.6 is 11.6 Å². The summed E-state index contributed by atoms with van der Waals surface area (Å²) in [5.41, 5.74) is 1.73. The van der Waals surface area contributed by atoms with Crippen molar-refractivity contribution in [2.75, 3.05) is 11.5 Å². The van der Waals surface area contributed by atoms with Gasteiger partial charge in [0.05, 0.1) is 11.5 Å². The zero-order chi connectivity index (χ0) is 21.1. The minimum atomic E-state index is -3.07. The number of rotatable bonds is 6. The van der Waals surface area contributed by atoms with Crippen molar-refractivity contribution in [1.29, 1.82) is 0 Å². The lowest BCUT2D eigenvalue weighted by atomic mass is 10.1. The topological polar surface area (TPSA) is 98.5 Å². The summed E-state index contributed by atoms with van der Waals surface area (Å²) in [5, 5.41) is 7.14. The van der Waals surface area contributed by atoms with Gasteiger partial charge >= 0.3 is 0 Å². The fourth-order valence-electron chi connectivity index (χ4n) is 3.18. The number of ether oxygens (including phenoxy) is 1. The van der Waals surface area contributed by atoms with Crippen LogP contribution in [-0.2, 0) is 16.4 Å². The van der Waals surface area contributed by atoms with Gasteiger partial charge in [0, 0.05) is 28.3 Å². The summed E-state index contributed by atoms with van der Waals surface area (Å²) in [6, 6.07) is 15.8. The van der Waals surface area contributed by atoms with Crippen molar-refractivity contribution >= 4 is 27.3 Å². The number of benzene rings is 2. The summed E-state index contributed by atoms with van der Waals surface area (Å²) in [4.78, 5) is 12.3. The minimum absolute atomic E-state index is 0.0426. The Labute approximate surface area is 178 Å². The number of amides is 1. The molecule has 0 radical (unpaired) electrons. The lowest BCUT2D eigenvalue weighted by molar-refractivity contribution is 0.0932. The molecule has 1 aromatic heterocycles. The van der Waals surface area contributed by atoms with E-state index < -0.39 is 21.8 Å². The molecule has 0 spiro atoms. The number of hydrogen-bond acceptors (Lipinski definition) is 6. The van der Waals surface area contributed by atoms with Gasteiger partial charge < -0.3 is 14.6 Å². The first kappa shape index (κ1) is 20.4. The molecule has 2 aromatic carbocycles. The number of aromatic nitrogens is 1. The molecule has 7 nitrogen and oxygen atoms in total. The molecule has 1 aliphatic heterocycles. The van der Waals surface area contributed by atoms with Crippen molar-refractivity contribution in [3.8, 4) is 17.1 Å². The second-order valence-electron chi connectivity index (χ2n) is 7.05. The van der Waals surface area contributed by atoms with E-state index in [2.05, 4.69) is 10.5 Å². The fraction of sp³-hybridized carbons (Fsp3) is 0.238. The Balaban J connectivity index is 1.37. The maximum Gasteiger partial charge on any atom is 0.273 e. The van der Waals surface area contributed by atoms with E-state index in [1.54, 1.807) is 24.3 Å². The predicted octanol–water partition coefficient (Wildman–Crippen LogP) is 3.49. The van der Waals surface area contributed by atoms with Crippen molar-refractivity contribution in [3.05, 3.63) is 70.9 Å². The van der Waals surface area contributed by atoms with E-state index in [-0.39, 0.29) is 17.2 Å². The van der Waals surface area contributed by atoms with Crippen molar-refractivity contribution < 1.29 is 22.5 Å². The Kier molecular flexibility index (Phi) is 5.78. The largest absolute Gasteiger partial charge is 0.489 e. The Morgan fingerprint density at radius 2 is 1.97 bits per heavy atom. The third kappa shape index (κ3) is 4.83. The first-order chi connectivity index (χ1) is 14.4. The first-order valence-electron chi connectivity index (χ1n) is 9.34. The summed E-state index contributed by atoms with van der Waals surface area (Å²) in [6.07, 6.45) is 0.411. The van der Waals surface area contributed by atoms with Crippen LogP contribution in [0, 0.1) is 0 Å². The molecule has 9 heteroatoms. The maximum absolute atomic E-state index is 12.3. The zero-order valence-corrected chi connectivity index (χ0v) is 17.4. The fourth-order valence-corrected chi connectivity index (χ4v) is 5.04. The number of carbonyl (C=O) groups excluding carboxylic acids is 1. The van der Waals surface area contributed by atoms with E-state index in [9.17, 15) is 13.2 Å². The molecule has 4 rings (SSSR count). The summed E-state index contributed by atoms with van der Waals surface area (Å²) in [7, 11) is -3.07. The highest BCUT2D eigenvalue weighted by molar-refractivity contribution is 7.91. The number of sulfone groups is 1. The van der Waals surface area contributed by atoms with Crippen molar-refractivity contribution in [2.45, 2.75) is 19.1 Å². The van der Waals surface area contributed by atoms with Crippen LogP contribution < -0.4 is 10.1 Å². The number of halogens is 1. The molecular weight excluding hydrogens is 428 g/mol. The SMILES string of the molecule is O=C(NC1CCS(=O)(=O)C1)c1cc(-c2ccc(OCc3ccccc3Cl)cc2)on1. The molecule has 0 bridgehead atoms. The van der Waals surface area contributed by atoms with Crippen LogP contribution in [0.1, 0.15) is 22.5 Å². The highest BCUT2D eigenvalue weighted by atomic mass is 35.5. The number of nitrogens with one attached hydrogen (secondary N) is 1. The smallest absolute Gasteiger partial charge is 0.273 e. The van der Waals surface area contributed by atoms with Crippen LogP contribution in [0.25, 0.3) is 11.3 Å². The van der Waals surface area contributed by atoms with Gasteiger partial charge in [-0.2, -0.15) is 0 Å². The maximum atomic E-state index is 12.3. The van der Waals surface area contributed by atoms with Gasteiger partial charge in [-0.25, -0.2) is 8.42 Å². The van der Waals surface area contributed by atoms with Crippen molar-refractivity contribution in [1.82, 2.24) is 10.5 Å². The molecule has 0 aliphatic carbocycles. The Hall–Kier alpha value is -2.84. The van der Waals surface area contributed by atoms with Gasteiger partial charge in [-0.15, -0.1) is 0 Å². The van der Waals surface area contributed by atoms with Gasteiger partial charge in [-0.05, 0) is 36.8 Å². The molecular formula is C21H19ClN2O5S. The molecule has 2 heterocycles. The molecule has 30 heavy (non-hydrogen) atoms. The molecule has 1 saturated heterocycles. The minimum Gasteiger partial charge on any atom is -0.489 e. The van der Waals surface area contributed by atoms with Crippen LogP contribution in [0.2, 0.25) is 5.02 Å². The van der Waals surface area contributed by atoms with Gasteiger partial charge in [0.1, 0.15) is 12.4 Å². The van der Waals surface area contributed by atoms with E-state index >= 15 is 0 Å². The molecule has 0 saturated carbocycles. The highest BCUT2D eigenvalue weighted by Crippen LogP contribution is 2.25. The lowest BCUT2D eigenvalue weighted by Gasteiger charge is -2.08. The van der Waals surface area contributed by atoms with Gasteiger partial charge in [-0.1, -0.05) is 35.0 Å². The van der Waals surface area contributed by atoms with Crippen LogP contribution in [0.5, 0.6) is 5.75 Å². The first-order valence-corrected chi connectivity index (χ1v) is 11.5. The number of nitrogens with zero attached hydrogens (tertiary/aromatic N) is 1. The average molecular weight is 447 g/mol. The van der Waals surface area contributed by atoms with E-state index in [0.29, 0.717) is 29.6 Å². The van der Waals surface area contributed by atoms with E-state index in [1.165, 1.54) is 6.07 Å². The van der Waals surface area contributed by atoms with Crippen molar-refractivity contribution in [3.63, 3.8) is 0 Å². The van der Waals surface area contributed by atoms with Gasteiger partial charge in [0.2, 0.25) is 0 Å². The summed E-state index contributed by atoms with van der Waals surface area (Å²) >= 11 is 6.13. The summed E-state index contributed by atoms with van der Waals surface area (Å²) in [6.45, 7) is 0.350. The molecule has 1 aliphatic rings. The zero-order valence-electron chi connectivity index (χ0n) is 15.9.